The second kappa shape index (κ2) is 6.46. The first-order valence-corrected chi connectivity index (χ1v) is 7.02. The summed E-state index contributed by atoms with van der Waals surface area (Å²) in [5, 5.41) is 4.19. The molecule has 2 aromatic rings. The van der Waals surface area contributed by atoms with Crippen LogP contribution in [0.25, 0.3) is 0 Å². The van der Waals surface area contributed by atoms with Gasteiger partial charge in [0.15, 0.2) is 0 Å². The lowest BCUT2D eigenvalue weighted by molar-refractivity contribution is -0.119. The normalized spacial score (nSPS) is 12.6. The van der Waals surface area contributed by atoms with Gasteiger partial charge in [-0.15, -0.1) is 0 Å². The molecule has 0 radical (unpaired) electrons. The van der Waals surface area contributed by atoms with Gasteiger partial charge in [-0.2, -0.15) is 5.10 Å². The van der Waals surface area contributed by atoms with Gasteiger partial charge in [0, 0.05) is 12.5 Å². The minimum atomic E-state index is -0.111. The summed E-state index contributed by atoms with van der Waals surface area (Å²) < 4.78 is 1.83. The molecular weight excluding hydrogens is 250 g/mol. The van der Waals surface area contributed by atoms with Crippen molar-refractivity contribution in [2.75, 3.05) is 0 Å². The van der Waals surface area contributed by atoms with E-state index in [1.807, 2.05) is 41.9 Å². The van der Waals surface area contributed by atoms with E-state index in [1.54, 1.807) is 0 Å². The highest BCUT2D eigenvalue weighted by Crippen LogP contribution is 2.17. The highest BCUT2D eigenvalue weighted by atomic mass is 16.1. The Labute approximate surface area is 119 Å². The Morgan fingerprint density at radius 1 is 1.20 bits per heavy atom. The minimum absolute atomic E-state index is 0.111. The van der Waals surface area contributed by atoms with Crippen molar-refractivity contribution < 1.29 is 4.79 Å². The van der Waals surface area contributed by atoms with E-state index >= 15 is 0 Å². The number of benzene rings is 1. The lowest BCUT2D eigenvalue weighted by Crippen LogP contribution is -2.17. The van der Waals surface area contributed by atoms with Gasteiger partial charge in [-0.3, -0.25) is 4.79 Å². The zero-order valence-electron chi connectivity index (χ0n) is 12.3. The van der Waals surface area contributed by atoms with Gasteiger partial charge in [-0.1, -0.05) is 51.1 Å². The Morgan fingerprint density at radius 2 is 1.90 bits per heavy atom. The van der Waals surface area contributed by atoms with Gasteiger partial charge in [-0.25, -0.2) is 9.67 Å². The van der Waals surface area contributed by atoms with Crippen molar-refractivity contribution in [3.05, 3.63) is 48.0 Å². The van der Waals surface area contributed by atoms with Crippen LogP contribution in [-0.4, -0.2) is 20.5 Å². The summed E-state index contributed by atoms with van der Waals surface area (Å²) in [4.78, 5) is 16.6. The lowest BCUT2D eigenvalue weighted by Gasteiger charge is -2.12. The van der Waals surface area contributed by atoms with Crippen molar-refractivity contribution in [1.82, 2.24) is 14.8 Å². The standard InChI is InChI=1S/C16H21N3O/c1-12(2)10-19-16(17-11-18-19)9-15(20)13(3)14-7-5-4-6-8-14/h4-8,11-13H,9-10H2,1-3H3. The van der Waals surface area contributed by atoms with Crippen LogP contribution >= 0.6 is 0 Å². The molecule has 1 atom stereocenters. The van der Waals surface area contributed by atoms with Gasteiger partial charge in [0.2, 0.25) is 0 Å². The third-order valence-corrected chi connectivity index (χ3v) is 3.35. The van der Waals surface area contributed by atoms with Gasteiger partial charge < -0.3 is 0 Å². The van der Waals surface area contributed by atoms with Crippen LogP contribution in [0, 0.1) is 5.92 Å². The Kier molecular flexibility index (Phi) is 4.66. The molecule has 0 fully saturated rings. The van der Waals surface area contributed by atoms with E-state index in [9.17, 15) is 4.79 Å². The van der Waals surface area contributed by atoms with Crippen LogP contribution in [0.1, 0.15) is 38.1 Å². The highest BCUT2D eigenvalue weighted by molar-refractivity contribution is 5.86. The molecule has 0 aliphatic carbocycles. The monoisotopic (exact) mass is 271 g/mol. The number of ketones is 1. The Balaban J connectivity index is 2.07. The SMILES string of the molecule is CC(C)Cn1ncnc1CC(=O)C(C)c1ccccc1. The van der Waals surface area contributed by atoms with Gasteiger partial charge in [0.05, 0.1) is 6.42 Å². The second-order valence-electron chi connectivity index (χ2n) is 5.53. The maximum atomic E-state index is 12.4. The largest absolute Gasteiger partial charge is 0.299 e. The Morgan fingerprint density at radius 3 is 2.55 bits per heavy atom. The van der Waals surface area contributed by atoms with Crippen LogP contribution in [0.4, 0.5) is 0 Å². The number of carbonyl (C=O) groups is 1. The van der Waals surface area contributed by atoms with E-state index in [0.29, 0.717) is 12.3 Å². The van der Waals surface area contributed by atoms with E-state index in [1.165, 1.54) is 6.33 Å². The first-order chi connectivity index (χ1) is 9.58. The molecule has 0 aliphatic heterocycles. The third-order valence-electron chi connectivity index (χ3n) is 3.35. The topological polar surface area (TPSA) is 47.8 Å². The summed E-state index contributed by atoms with van der Waals surface area (Å²) in [5.41, 5.74) is 1.05. The number of hydrogen-bond acceptors (Lipinski definition) is 3. The molecule has 0 amide bonds. The van der Waals surface area contributed by atoms with Crippen molar-refractivity contribution >= 4 is 5.78 Å². The number of rotatable bonds is 6. The molecule has 1 unspecified atom stereocenters. The number of Topliss-reactive ketones (excluding diaryl/α,β-unsaturated/α-hetero) is 1. The summed E-state index contributed by atoms with van der Waals surface area (Å²) in [6.45, 7) is 6.99. The molecule has 1 aromatic heterocycles. The Hall–Kier alpha value is -1.97. The molecule has 0 saturated carbocycles. The highest BCUT2D eigenvalue weighted by Gasteiger charge is 2.18. The molecule has 2 rings (SSSR count). The van der Waals surface area contributed by atoms with Gasteiger partial charge >= 0.3 is 0 Å². The van der Waals surface area contributed by atoms with E-state index in [4.69, 9.17) is 0 Å². The van der Waals surface area contributed by atoms with E-state index < -0.39 is 0 Å². The average Bonchev–Trinajstić information content (AvgIpc) is 2.85. The van der Waals surface area contributed by atoms with E-state index in [2.05, 4.69) is 23.9 Å². The molecule has 4 nitrogen and oxygen atoms in total. The Bertz CT molecular complexity index is 560. The van der Waals surface area contributed by atoms with E-state index in [0.717, 1.165) is 17.9 Å². The predicted octanol–water partition coefficient (Wildman–Crippen LogP) is 2.85. The fourth-order valence-corrected chi connectivity index (χ4v) is 2.16. The number of nitrogens with zero attached hydrogens (tertiary/aromatic N) is 3. The molecule has 1 heterocycles. The van der Waals surface area contributed by atoms with Crippen LogP contribution in [-0.2, 0) is 17.8 Å². The number of carbonyl (C=O) groups excluding carboxylic acids is 1. The van der Waals surface area contributed by atoms with E-state index in [-0.39, 0.29) is 11.7 Å². The first-order valence-electron chi connectivity index (χ1n) is 7.02. The molecule has 0 saturated heterocycles. The van der Waals surface area contributed by atoms with Crippen LogP contribution in [0.5, 0.6) is 0 Å². The molecule has 0 N–H and O–H groups in total. The number of aromatic nitrogens is 3. The molecule has 106 valence electrons. The van der Waals surface area contributed by atoms with Crippen molar-refractivity contribution in [1.29, 1.82) is 0 Å². The molecule has 0 spiro atoms. The molecule has 0 aliphatic rings. The predicted molar refractivity (Wildman–Crippen MR) is 78.4 cm³/mol. The minimum Gasteiger partial charge on any atom is -0.299 e. The van der Waals surface area contributed by atoms with Crippen LogP contribution in [0.15, 0.2) is 36.7 Å². The van der Waals surface area contributed by atoms with Crippen molar-refractivity contribution in [2.24, 2.45) is 5.92 Å². The fraction of sp³-hybridized carbons (Fsp3) is 0.438. The van der Waals surface area contributed by atoms with Gasteiger partial charge in [-0.05, 0) is 11.5 Å². The molecule has 0 bridgehead atoms. The summed E-state index contributed by atoms with van der Waals surface area (Å²) in [6.07, 6.45) is 1.86. The molecule has 20 heavy (non-hydrogen) atoms. The van der Waals surface area contributed by atoms with Crippen LogP contribution in [0.3, 0.4) is 0 Å². The molecule has 4 heteroatoms. The summed E-state index contributed by atoms with van der Waals surface area (Å²) in [5.74, 6) is 1.30. The summed E-state index contributed by atoms with van der Waals surface area (Å²) >= 11 is 0. The van der Waals surface area contributed by atoms with Crippen molar-refractivity contribution in [3.8, 4) is 0 Å². The zero-order valence-corrected chi connectivity index (χ0v) is 12.3. The maximum absolute atomic E-state index is 12.4. The number of hydrogen-bond donors (Lipinski definition) is 0. The summed E-state index contributed by atoms with van der Waals surface area (Å²) in [6, 6.07) is 9.85. The second-order valence-corrected chi connectivity index (χ2v) is 5.53. The maximum Gasteiger partial charge on any atom is 0.147 e. The quantitative estimate of drug-likeness (QED) is 0.811. The third kappa shape index (κ3) is 3.53. The van der Waals surface area contributed by atoms with Crippen LogP contribution in [0.2, 0.25) is 0 Å². The molecular formula is C16H21N3O. The van der Waals surface area contributed by atoms with Crippen molar-refractivity contribution in [3.63, 3.8) is 0 Å². The lowest BCUT2D eigenvalue weighted by atomic mass is 9.95. The van der Waals surface area contributed by atoms with Crippen LogP contribution < -0.4 is 0 Å². The first kappa shape index (κ1) is 14.4. The smallest absolute Gasteiger partial charge is 0.147 e. The van der Waals surface area contributed by atoms with Crippen molar-refractivity contribution in [2.45, 2.75) is 39.7 Å². The molecule has 1 aromatic carbocycles. The van der Waals surface area contributed by atoms with Gasteiger partial charge in [0.1, 0.15) is 17.9 Å². The zero-order chi connectivity index (χ0) is 14.5. The van der Waals surface area contributed by atoms with Gasteiger partial charge in [0.25, 0.3) is 0 Å². The fourth-order valence-electron chi connectivity index (χ4n) is 2.16. The summed E-state index contributed by atoms with van der Waals surface area (Å²) in [7, 11) is 0. The average molecular weight is 271 g/mol.